The van der Waals surface area contributed by atoms with Crippen LogP contribution in [-0.2, 0) is 16.1 Å². The van der Waals surface area contributed by atoms with E-state index in [1.807, 2.05) is 13.8 Å². The van der Waals surface area contributed by atoms with E-state index in [0.717, 1.165) is 17.8 Å². The number of rotatable bonds is 4. The minimum atomic E-state index is -0.603. The maximum absolute atomic E-state index is 12.1. The van der Waals surface area contributed by atoms with Gasteiger partial charge in [-0.25, -0.2) is 0 Å². The third-order valence-corrected chi connectivity index (χ3v) is 4.37. The molecule has 0 fully saturated rings. The molecule has 1 aromatic rings. The maximum atomic E-state index is 12.1. The van der Waals surface area contributed by atoms with E-state index < -0.39 is 6.04 Å². The lowest BCUT2D eigenvalue weighted by Gasteiger charge is -2.19. The van der Waals surface area contributed by atoms with Gasteiger partial charge < -0.3 is 11.1 Å². The lowest BCUT2D eigenvalue weighted by molar-refractivity contribution is -0.118. The molecule has 0 bridgehead atoms. The van der Waals surface area contributed by atoms with Gasteiger partial charge in [-0.05, 0) is 12.0 Å². The fraction of sp³-hybridized carbons (Fsp3) is 0.417. The molecule has 0 spiro atoms. The van der Waals surface area contributed by atoms with Crippen LogP contribution in [0.3, 0.4) is 0 Å². The summed E-state index contributed by atoms with van der Waals surface area (Å²) in [4.78, 5) is 12.1. The Balaban J connectivity index is 2.30. The Morgan fingerprint density at radius 1 is 1.40 bits per heavy atom. The average molecular weight is 333 g/mol. The highest BCUT2D eigenvalue weighted by atomic mass is 35.5. The van der Waals surface area contributed by atoms with Crippen molar-refractivity contribution in [1.82, 2.24) is 0 Å². The second kappa shape index (κ2) is 6.22. The molecule has 1 heterocycles. The number of nitrogens with one attached hydrogen (secondary N) is 1. The zero-order chi connectivity index (χ0) is 14.9. The first-order valence-corrected chi connectivity index (χ1v) is 7.61. The summed E-state index contributed by atoms with van der Waals surface area (Å²) < 4.78 is 8.20. The molecular weight excluding hydrogens is 319 g/mol. The average Bonchev–Trinajstić information content (AvgIpc) is 2.91. The van der Waals surface area contributed by atoms with E-state index in [1.165, 1.54) is 6.07 Å². The number of hydrogen-bond acceptors (Lipinski definition) is 4. The molecule has 2 atom stereocenters. The zero-order valence-corrected chi connectivity index (χ0v) is 13.3. The van der Waals surface area contributed by atoms with Crippen LogP contribution in [0.4, 0.5) is 17.1 Å². The molecule has 20 heavy (non-hydrogen) atoms. The lowest BCUT2D eigenvalue weighted by atomic mass is 9.99. The molecule has 8 heteroatoms. The van der Waals surface area contributed by atoms with Gasteiger partial charge in [0, 0.05) is 0 Å². The largest absolute Gasteiger partial charge is 0.322 e. The van der Waals surface area contributed by atoms with Crippen molar-refractivity contribution in [2.45, 2.75) is 26.3 Å². The summed E-state index contributed by atoms with van der Waals surface area (Å²) in [6.07, 6.45) is 0.816. The molecule has 1 aliphatic heterocycles. The standard InChI is InChI=1S/C12H14Cl2N4OS/c1-3-5(2)8(15)12(19)16-9-6(13)4-7(14)10-11(9)18-20-17-10/h4-5,8H,3,15H2,1-2H3,(H,16,19)/t5-,8-/m0/s1. The Kier molecular flexibility index (Phi) is 4.80. The minimum Gasteiger partial charge on any atom is -0.322 e. The van der Waals surface area contributed by atoms with Crippen molar-refractivity contribution in [1.29, 1.82) is 0 Å². The van der Waals surface area contributed by atoms with Gasteiger partial charge in [0.1, 0.15) is 11.4 Å². The molecule has 2 rings (SSSR count). The van der Waals surface area contributed by atoms with Crippen LogP contribution in [0.1, 0.15) is 20.3 Å². The highest BCUT2D eigenvalue weighted by molar-refractivity contribution is 7.58. The van der Waals surface area contributed by atoms with E-state index >= 15 is 0 Å². The van der Waals surface area contributed by atoms with Gasteiger partial charge in [-0.2, -0.15) is 8.73 Å². The molecule has 5 nitrogen and oxygen atoms in total. The Bertz CT molecular complexity index is 628. The van der Waals surface area contributed by atoms with Crippen LogP contribution in [0.2, 0.25) is 10.0 Å². The molecular formula is C12H14Cl2N4OS. The first kappa shape index (κ1) is 15.4. The van der Waals surface area contributed by atoms with Gasteiger partial charge in [-0.3, -0.25) is 4.79 Å². The summed E-state index contributed by atoms with van der Waals surface area (Å²) in [6, 6.07) is 0.936. The summed E-state index contributed by atoms with van der Waals surface area (Å²) in [6.45, 7) is 3.91. The van der Waals surface area contributed by atoms with Gasteiger partial charge in [0.25, 0.3) is 0 Å². The summed E-state index contributed by atoms with van der Waals surface area (Å²) in [5.74, 6) is -0.219. The predicted octanol–water partition coefficient (Wildman–Crippen LogP) is 4.03. The molecule has 1 amide bonds. The fourth-order valence-electron chi connectivity index (χ4n) is 1.71. The number of benzene rings is 1. The number of hydrogen-bond donors (Lipinski definition) is 2. The van der Waals surface area contributed by atoms with E-state index in [0.29, 0.717) is 27.1 Å². The van der Waals surface area contributed by atoms with Crippen molar-refractivity contribution < 1.29 is 4.79 Å². The van der Waals surface area contributed by atoms with Crippen LogP contribution < -0.4 is 11.1 Å². The number of anilines is 1. The third-order valence-electron chi connectivity index (χ3n) is 3.25. The first-order chi connectivity index (χ1) is 9.45. The van der Waals surface area contributed by atoms with Crippen LogP contribution in [-0.4, -0.2) is 11.9 Å². The van der Waals surface area contributed by atoms with Crippen LogP contribution >= 0.6 is 23.2 Å². The van der Waals surface area contributed by atoms with Crippen molar-refractivity contribution in [3.8, 4) is 0 Å². The smallest absolute Gasteiger partial charge is 0.241 e. The van der Waals surface area contributed by atoms with E-state index in [2.05, 4.69) is 14.0 Å². The van der Waals surface area contributed by atoms with E-state index in [-0.39, 0.29) is 11.8 Å². The maximum Gasteiger partial charge on any atom is 0.241 e. The van der Waals surface area contributed by atoms with Crippen molar-refractivity contribution >= 4 is 57.5 Å². The van der Waals surface area contributed by atoms with Gasteiger partial charge in [-0.1, -0.05) is 43.5 Å². The van der Waals surface area contributed by atoms with Gasteiger partial charge in [-0.15, -0.1) is 0 Å². The molecule has 0 radical (unpaired) electrons. The van der Waals surface area contributed by atoms with E-state index in [1.54, 1.807) is 0 Å². The predicted molar refractivity (Wildman–Crippen MR) is 84.1 cm³/mol. The number of nitrogens with zero attached hydrogens (tertiary/aromatic N) is 2. The number of carbonyl (C=O) groups is 1. The molecule has 1 aromatic carbocycles. The van der Waals surface area contributed by atoms with E-state index in [4.69, 9.17) is 28.9 Å². The third kappa shape index (κ3) is 2.88. The molecule has 0 aliphatic carbocycles. The summed E-state index contributed by atoms with van der Waals surface area (Å²) in [5.41, 5.74) is 7.32. The Morgan fingerprint density at radius 3 is 2.70 bits per heavy atom. The Morgan fingerprint density at radius 2 is 2.05 bits per heavy atom. The van der Waals surface area contributed by atoms with Crippen LogP contribution in [0.25, 0.3) is 0 Å². The van der Waals surface area contributed by atoms with Gasteiger partial charge in [0.15, 0.2) is 0 Å². The molecule has 0 unspecified atom stereocenters. The molecule has 0 saturated heterocycles. The van der Waals surface area contributed by atoms with Gasteiger partial charge >= 0.3 is 0 Å². The molecule has 108 valence electrons. The topological polar surface area (TPSA) is 79.8 Å². The Labute approximate surface area is 130 Å². The molecule has 0 aromatic heterocycles. The van der Waals surface area contributed by atoms with Crippen LogP contribution in [0.5, 0.6) is 0 Å². The number of halogens is 2. The number of nitrogens with two attached hydrogens (primary N) is 1. The highest BCUT2D eigenvalue weighted by Gasteiger charge is 2.24. The highest BCUT2D eigenvalue weighted by Crippen LogP contribution is 2.47. The minimum absolute atomic E-state index is 0.0742. The monoisotopic (exact) mass is 332 g/mol. The fourth-order valence-corrected chi connectivity index (χ4v) is 2.87. The number of amides is 1. The number of fused-ring (bicyclic) bond motifs is 1. The van der Waals surface area contributed by atoms with Gasteiger partial charge in [0.05, 0.1) is 33.1 Å². The molecule has 3 N–H and O–H groups in total. The quantitative estimate of drug-likeness (QED) is 0.886. The first-order valence-electron chi connectivity index (χ1n) is 6.12. The lowest BCUT2D eigenvalue weighted by Crippen LogP contribution is -2.40. The normalized spacial score (nSPS) is 15.4. The summed E-state index contributed by atoms with van der Waals surface area (Å²) in [5, 5.41) is 3.46. The van der Waals surface area contributed by atoms with Crippen LogP contribution in [0, 0.1) is 5.92 Å². The van der Waals surface area contributed by atoms with E-state index in [9.17, 15) is 4.79 Å². The number of carbonyl (C=O) groups excluding carboxylic acids is 1. The molecule has 1 aliphatic rings. The zero-order valence-electron chi connectivity index (χ0n) is 11.0. The van der Waals surface area contributed by atoms with Crippen molar-refractivity contribution in [2.24, 2.45) is 20.4 Å². The van der Waals surface area contributed by atoms with Crippen molar-refractivity contribution in [3.63, 3.8) is 0 Å². The van der Waals surface area contributed by atoms with Crippen LogP contribution in [0.15, 0.2) is 14.8 Å². The Hall–Kier alpha value is -0.950. The second-order valence-corrected chi connectivity index (χ2v) is 5.92. The SMILES string of the molecule is CC[C@H](C)[C@H](N)C(=O)Nc1c(Cl)cc(Cl)c2c1N=S=N2. The van der Waals surface area contributed by atoms with Crippen molar-refractivity contribution in [3.05, 3.63) is 16.1 Å². The summed E-state index contributed by atoms with van der Waals surface area (Å²) in [7, 11) is 0. The molecule has 0 saturated carbocycles. The van der Waals surface area contributed by atoms with Crippen molar-refractivity contribution in [2.75, 3.05) is 5.32 Å². The summed E-state index contributed by atoms with van der Waals surface area (Å²) >= 11 is 13.2. The van der Waals surface area contributed by atoms with Gasteiger partial charge in [0.2, 0.25) is 5.91 Å². The second-order valence-electron chi connectivity index (χ2n) is 4.58.